The van der Waals surface area contributed by atoms with Gasteiger partial charge in [-0.1, -0.05) is 59.3 Å². The Labute approximate surface area is 165 Å². The summed E-state index contributed by atoms with van der Waals surface area (Å²) in [6.45, 7) is 8.25. The fourth-order valence-corrected chi connectivity index (χ4v) is 4.06. The van der Waals surface area contributed by atoms with Gasteiger partial charge in [0.05, 0.1) is 0 Å². The molecule has 1 aliphatic rings. The summed E-state index contributed by atoms with van der Waals surface area (Å²) in [4.78, 5) is 2.45. The Balaban J connectivity index is 1.82. The van der Waals surface area contributed by atoms with Gasteiger partial charge in [0, 0.05) is 18.1 Å². The number of aromatic amines is 1. The highest BCUT2D eigenvalue weighted by Gasteiger charge is 2.38. The number of hydrogen-bond acceptors (Lipinski definition) is 3. The van der Waals surface area contributed by atoms with Crippen molar-refractivity contribution in [1.29, 1.82) is 0 Å². The minimum Gasteiger partial charge on any atom is -0.282 e. The fraction of sp³-hybridized carbons (Fsp3) is 0.381. The van der Waals surface area contributed by atoms with Gasteiger partial charge < -0.3 is 0 Å². The van der Waals surface area contributed by atoms with E-state index in [-0.39, 0.29) is 11.6 Å². The molecule has 0 bridgehead atoms. The van der Waals surface area contributed by atoms with E-state index in [1.54, 1.807) is 0 Å². The number of rotatable bonds is 3. The summed E-state index contributed by atoms with van der Waals surface area (Å²) in [5.74, 6) is 0.884. The first kappa shape index (κ1) is 18.1. The van der Waals surface area contributed by atoms with Crippen molar-refractivity contribution in [2.75, 3.05) is 6.54 Å². The molecule has 1 N–H and O–H groups in total. The summed E-state index contributed by atoms with van der Waals surface area (Å²) < 4.78 is 2.04. The van der Waals surface area contributed by atoms with E-state index >= 15 is 0 Å². The number of nitrogens with zero attached hydrogens (tertiary/aromatic N) is 4. The lowest BCUT2D eigenvalue weighted by Crippen LogP contribution is -2.56. The third kappa shape index (κ3) is 3.49. The van der Waals surface area contributed by atoms with Crippen LogP contribution >= 0.6 is 11.6 Å². The van der Waals surface area contributed by atoms with Crippen LogP contribution in [0.15, 0.2) is 48.5 Å². The van der Waals surface area contributed by atoms with Crippen LogP contribution in [0, 0.1) is 0 Å². The second kappa shape index (κ2) is 7.06. The van der Waals surface area contributed by atoms with Crippen molar-refractivity contribution < 1.29 is 4.68 Å². The summed E-state index contributed by atoms with van der Waals surface area (Å²) in [6.07, 6.45) is 1.02. The van der Waals surface area contributed by atoms with E-state index in [9.17, 15) is 0 Å². The van der Waals surface area contributed by atoms with E-state index in [4.69, 9.17) is 11.6 Å². The molecule has 27 heavy (non-hydrogen) atoms. The van der Waals surface area contributed by atoms with Gasteiger partial charge in [0.2, 0.25) is 0 Å². The van der Waals surface area contributed by atoms with Crippen molar-refractivity contribution in [2.24, 2.45) is 0 Å². The standard InChI is InChI=1S/C21H24ClN5/c1-21(2,3)27-20(23-24-25-27)19(17-10-6-7-11-18(17)22)26-13-12-15-8-4-5-9-16(15)14-26/h4-11,19H,12-14H2,1-3H3/p+1. The van der Waals surface area contributed by atoms with E-state index < -0.39 is 0 Å². The van der Waals surface area contributed by atoms with E-state index in [2.05, 4.69) is 71.5 Å². The molecule has 0 aliphatic carbocycles. The van der Waals surface area contributed by atoms with E-state index in [0.717, 1.165) is 35.9 Å². The molecule has 1 aromatic heterocycles. The Morgan fingerprint density at radius 3 is 2.52 bits per heavy atom. The smallest absolute Gasteiger partial charge is 0.282 e. The van der Waals surface area contributed by atoms with Crippen molar-refractivity contribution in [2.45, 2.75) is 45.3 Å². The van der Waals surface area contributed by atoms with Crippen molar-refractivity contribution in [3.05, 3.63) is 76.1 Å². The topological polar surface area (TPSA) is 48.7 Å². The van der Waals surface area contributed by atoms with Crippen LogP contribution in [0.3, 0.4) is 0 Å². The van der Waals surface area contributed by atoms with Gasteiger partial charge in [-0.2, -0.15) is 4.68 Å². The Kier molecular flexibility index (Phi) is 4.74. The molecule has 0 radical (unpaired) electrons. The van der Waals surface area contributed by atoms with Crippen molar-refractivity contribution in [3.63, 3.8) is 0 Å². The van der Waals surface area contributed by atoms with Crippen LogP contribution in [-0.2, 0) is 18.5 Å². The first-order valence-electron chi connectivity index (χ1n) is 9.34. The molecule has 2 aromatic carbocycles. The van der Waals surface area contributed by atoms with Gasteiger partial charge in [-0.3, -0.25) is 4.90 Å². The predicted octanol–water partition coefficient (Wildman–Crippen LogP) is 3.65. The number of nitrogens with one attached hydrogen (secondary N) is 1. The Hall–Kier alpha value is -2.24. The molecule has 140 valence electrons. The van der Waals surface area contributed by atoms with Crippen LogP contribution < -0.4 is 4.68 Å². The number of tetrazole rings is 1. The molecule has 0 spiro atoms. The number of aromatic nitrogens is 4. The quantitative estimate of drug-likeness (QED) is 0.703. The average molecular weight is 383 g/mol. The van der Waals surface area contributed by atoms with Crippen LogP contribution in [0.5, 0.6) is 0 Å². The third-order valence-electron chi connectivity index (χ3n) is 5.17. The molecule has 3 aromatic rings. The maximum atomic E-state index is 6.63. The molecule has 2 heterocycles. The molecule has 1 unspecified atom stereocenters. The van der Waals surface area contributed by atoms with Crippen LogP contribution in [0.4, 0.5) is 0 Å². The van der Waals surface area contributed by atoms with Gasteiger partial charge in [0.15, 0.2) is 5.21 Å². The van der Waals surface area contributed by atoms with E-state index in [0.29, 0.717) is 0 Å². The summed E-state index contributed by atoms with van der Waals surface area (Å²) in [7, 11) is 0. The zero-order chi connectivity index (χ0) is 19.0. The van der Waals surface area contributed by atoms with Crippen LogP contribution in [0.25, 0.3) is 0 Å². The monoisotopic (exact) mass is 382 g/mol. The van der Waals surface area contributed by atoms with Crippen molar-refractivity contribution in [1.82, 2.24) is 20.4 Å². The molecule has 4 rings (SSSR count). The van der Waals surface area contributed by atoms with Crippen LogP contribution in [-0.4, -0.2) is 27.0 Å². The molecule has 1 atom stereocenters. The first-order valence-corrected chi connectivity index (χ1v) is 9.71. The van der Waals surface area contributed by atoms with Crippen LogP contribution in [0.1, 0.15) is 49.3 Å². The zero-order valence-corrected chi connectivity index (χ0v) is 16.7. The highest BCUT2D eigenvalue weighted by molar-refractivity contribution is 6.31. The third-order valence-corrected chi connectivity index (χ3v) is 5.51. The van der Waals surface area contributed by atoms with E-state index in [1.807, 2.05) is 22.9 Å². The highest BCUT2D eigenvalue weighted by Crippen LogP contribution is 2.34. The molecule has 6 heteroatoms. The van der Waals surface area contributed by atoms with Gasteiger partial charge in [-0.25, -0.2) is 0 Å². The summed E-state index contributed by atoms with van der Waals surface area (Å²) in [5.41, 5.74) is 3.69. The van der Waals surface area contributed by atoms with Gasteiger partial charge in [0.25, 0.3) is 0 Å². The average Bonchev–Trinajstić information content (AvgIpc) is 3.13. The largest absolute Gasteiger partial charge is 0.323 e. The first-order chi connectivity index (χ1) is 12.9. The molecular weight excluding hydrogens is 358 g/mol. The zero-order valence-electron chi connectivity index (χ0n) is 16.0. The van der Waals surface area contributed by atoms with Gasteiger partial charge in [0.1, 0.15) is 16.7 Å². The number of hydrogen-bond donors (Lipinski definition) is 1. The number of halogens is 1. The lowest BCUT2D eigenvalue weighted by Gasteiger charge is -2.34. The minimum absolute atomic E-state index is 0.0648. The van der Waals surface area contributed by atoms with Crippen molar-refractivity contribution in [3.8, 4) is 0 Å². The van der Waals surface area contributed by atoms with E-state index in [1.165, 1.54) is 11.1 Å². The number of benzene rings is 2. The highest BCUT2D eigenvalue weighted by atomic mass is 35.5. The van der Waals surface area contributed by atoms with Gasteiger partial charge in [-0.05, 0) is 49.9 Å². The lowest BCUT2D eigenvalue weighted by atomic mass is 9.95. The molecule has 1 aliphatic heterocycles. The number of fused-ring (bicyclic) bond motifs is 1. The molecule has 0 saturated heterocycles. The summed E-state index contributed by atoms with van der Waals surface area (Å²) in [5, 5.41) is 12.4. The summed E-state index contributed by atoms with van der Waals surface area (Å²) in [6, 6.07) is 16.6. The van der Waals surface area contributed by atoms with Crippen LogP contribution in [0.2, 0.25) is 5.02 Å². The molecular formula is C21H25ClN5+. The minimum atomic E-state index is -0.161. The predicted molar refractivity (Wildman–Crippen MR) is 105 cm³/mol. The molecule has 0 amide bonds. The normalized spacial score (nSPS) is 16.1. The fourth-order valence-electron chi connectivity index (χ4n) is 3.82. The molecule has 0 saturated carbocycles. The SMILES string of the molecule is CC(C)(C)[n+]1[nH]nnc1C(c1ccccc1Cl)N1CCc2ccccc2C1. The lowest BCUT2D eigenvalue weighted by molar-refractivity contribution is -0.813. The maximum Gasteiger partial charge on any atom is 0.323 e. The second-order valence-corrected chi connectivity index (χ2v) is 8.48. The summed E-state index contributed by atoms with van der Waals surface area (Å²) >= 11 is 6.63. The molecule has 0 fully saturated rings. The maximum absolute atomic E-state index is 6.63. The van der Waals surface area contributed by atoms with Gasteiger partial charge in [-0.15, -0.1) is 0 Å². The Bertz CT molecular complexity index is 943. The van der Waals surface area contributed by atoms with Crippen molar-refractivity contribution >= 4 is 11.6 Å². The number of H-pyrrole nitrogens is 1. The molecule has 5 nitrogen and oxygen atoms in total. The van der Waals surface area contributed by atoms with Gasteiger partial charge >= 0.3 is 5.82 Å². The Morgan fingerprint density at radius 2 is 1.78 bits per heavy atom. The second-order valence-electron chi connectivity index (χ2n) is 8.08. The Morgan fingerprint density at radius 1 is 1.07 bits per heavy atom.